The molecule has 146 valence electrons. The Balaban J connectivity index is 2.19. The fraction of sp³-hybridized carbons (Fsp3) is 0.0588. The van der Waals surface area contributed by atoms with E-state index in [0.717, 1.165) is 6.92 Å². The zero-order valence-corrected chi connectivity index (χ0v) is 17.0. The first-order valence-electron chi connectivity index (χ1n) is 7.53. The molecule has 0 unspecified atom stereocenters. The number of carbonyl (C=O) groups is 1. The van der Waals surface area contributed by atoms with Crippen molar-refractivity contribution in [2.24, 2.45) is 0 Å². The normalized spacial score (nSPS) is 11.4. The number of halogens is 3. The number of pyridine rings is 1. The Bertz CT molecular complexity index is 1250. The topological polar surface area (TPSA) is 103 Å². The minimum Gasteiger partial charge on any atom is -0.353 e. The van der Waals surface area contributed by atoms with Crippen molar-refractivity contribution in [3.05, 3.63) is 67.4 Å². The Labute approximate surface area is 174 Å². The molecule has 3 aromatic rings. The Morgan fingerprint density at radius 2 is 1.57 bits per heavy atom. The molecule has 0 amide bonds. The van der Waals surface area contributed by atoms with Gasteiger partial charge in [0.1, 0.15) is 11.3 Å². The van der Waals surface area contributed by atoms with E-state index < -0.39 is 33.1 Å². The maximum atomic E-state index is 12.4. The summed E-state index contributed by atoms with van der Waals surface area (Å²) in [5.41, 5.74) is -1.42. The summed E-state index contributed by atoms with van der Waals surface area (Å²) in [7, 11) is -4.74. The summed E-state index contributed by atoms with van der Waals surface area (Å²) in [6, 6.07) is 8.19. The van der Waals surface area contributed by atoms with E-state index in [1.807, 2.05) is 0 Å². The molecular weight excluding hydrogens is 453 g/mol. The highest BCUT2D eigenvalue weighted by molar-refractivity contribution is 7.82. The molecule has 0 aliphatic heterocycles. The van der Waals surface area contributed by atoms with Crippen molar-refractivity contribution in [2.45, 2.75) is 6.92 Å². The second-order valence-corrected chi connectivity index (χ2v) is 7.92. The monoisotopic (exact) mass is 461 g/mol. The minimum absolute atomic E-state index is 0.00911. The lowest BCUT2D eigenvalue weighted by Gasteiger charge is -2.14. The van der Waals surface area contributed by atoms with Crippen LogP contribution in [0.1, 0.15) is 17.3 Å². The Morgan fingerprint density at radius 1 is 0.964 bits per heavy atom. The summed E-state index contributed by atoms with van der Waals surface area (Å²) in [5, 5.41) is 0.399. The molecule has 0 radical (unpaired) electrons. The molecule has 0 aliphatic rings. The van der Waals surface area contributed by atoms with Crippen LogP contribution in [-0.4, -0.2) is 19.2 Å². The predicted molar refractivity (Wildman–Crippen MR) is 106 cm³/mol. The number of nitrogens with one attached hydrogen (secondary N) is 1. The number of carbonyl (C=O) groups excluding carboxylic acids is 1. The summed E-state index contributed by atoms with van der Waals surface area (Å²) in [6.45, 7) is 1.08. The lowest BCUT2D eigenvalue weighted by Crippen LogP contribution is -2.23. The molecule has 0 atom stereocenters. The number of Topliss-reactive ketones (excluding diaryl/α,β-unsaturated/α-hetero) is 1. The van der Waals surface area contributed by atoms with Crippen LogP contribution in [0, 0.1) is 0 Å². The first-order valence-corrected chi connectivity index (χ1v) is 10.00. The van der Waals surface area contributed by atoms with Gasteiger partial charge in [0.25, 0.3) is 5.56 Å². The fourth-order valence-corrected chi connectivity index (χ4v) is 3.76. The molecule has 28 heavy (non-hydrogen) atoms. The van der Waals surface area contributed by atoms with Crippen LogP contribution in [-0.2, 0) is 10.4 Å². The highest BCUT2D eigenvalue weighted by atomic mass is 35.5. The van der Waals surface area contributed by atoms with Gasteiger partial charge in [-0.1, -0.05) is 34.8 Å². The summed E-state index contributed by atoms with van der Waals surface area (Å²) < 4.78 is 34.6. The van der Waals surface area contributed by atoms with Crippen LogP contribution in [0.3, 0.4) is 0 Å². The van der Waals surface area contributed by atoms with Gasteiger partial charge in [-0.3, -0.25) is 9.59 Å². The van der Waals surface area contributed by atoms with Crippen molar-refractivity contribution in [3.8, 4) is 11.5 Å². The highest BCUT2D eigenvalue weighted by Crippen LogP contribution is 2.37. The molecule has 2 aromatic carbocycles. The van der Waals surface area contributed by atoms with Crippen LogP contribution in [0.4, 0.5) is 0 Å². The molecule has 0 bridgehead atoms. The summed E-state index contributed by atoms with van der Waals surface area (Å²) in [6.07, 6.45) is 0. The average molecular weight is 463 g/mol. The van der Waals surface area contributed by atoms with Gasteiger partial charge in [-0.05, 0) is 43.3 Å². The predicted octanol–water partition coefficient (Wildman–Crippen LogP) is 4.39. The van der Waals surface area contributed by atoms with Gasteiger partial charge in [0.15, 0.2) is 11.5 Å². The van der Waals surface area contributed by atoms with Crippen molar-refractivity contribution < 1.29 is 21.6 Å². The van der Waals surface area contributed by atoms with E-state index in [0.29, 0.717) is 5.02 Å². The van der Waals surface area contributed by atoms with Crippen molar-refractivity contribution in [2.75, 3.05) is 0 Å². The van der Waals surface area contributed by atoms with Crippen molar-refractivity contribution >= 4 is 61.9 Å². The summed E-state index contributed by atoms with van der Waals surface area (Å²) in [4.78, 5) is 26.7. The molecule has 0 saturated carbocycles. The number of ketones is 1. The van der Waals surface area contributed by atoms with E-state index in [4.69, 9.17) is 43.2 Å². The minimum atomic E-state index is -4.74. The van der Waals surface area contributed by atoms with Gasteiger partial charge in [-0.15, -0.1) is 8.42 Å². The van der Waals surface area contributed by atoms with Crippen LogP contribution in [0.25, 0.3) is 10.9 Å². The second-order valence-electron chi connectivity index (χ2n) is 5.52. The Kier molecular flexibility index (Phi) is 5.58. The van der Waals surface area contributed by atoms with Crippen LogP contribution in [0.15, 0.2) is 41.2 Å². The smallest absolute Gasteiger partial charge is 0.353 e. The van der Waals surface area contributed by atoms with E-state index >= 15 is 0 Å². The van der Waals surface area contributed by atoms with Gasteiger partial charge in [0.05, 0.1) is 20.9 Å². The van der Waals surface area contributed by atoms with Gasteiger partial charge in [-0.25, -0.2) is 0 Å². The molecule has 0 fully saturated rings. The number of aromatic amines is 1. The SMILES string of the molecule is CC(=O)c1c(OS(=O)(=O)Oc2ccc(Cl)cc2)c2c(Cl)ccc(Cl)c2[nH]c1=O. The van der Waals surface area contributed by atoms with Crippen LogP contribution < -0.4 is 13.9 Å². The number of hydrogen-bond donors (Lipinski definition) is 1. The van der Waals surface area contributed by atoms with Crippen LogP contribution in [0.5, 0.6) is 11.5 Å². The second kappa shape index (κ2) is 7.63. The third-order valence-electron chi connectivity index (χ3n) is 3.57. The fourth-order valence-electron chi connectivity index (χ4n) is 2.43. The highest BCUT2D eigenvalue weighted by Gasteiger charge is 2.27. The number of fused-ring (bicyclic) bond motifs is 1. The summed E-state index contributed by atoms with van der Waals surface area (Å²) in [5.74, 6) is -1.41. The molecule has 11 heteroatoms. The zero-order chi connectivity index (χ0) is 20.6. The summed E-state index contributed by atoms with van der Waals surface area (Å²) >= 11 is 17.9. The number of hydrogen-bond acceptors (Lipinski definition) is 6. The maximum absolute atomic E-state index is 12.4. The lowest BCUT2D eigenvalue weighted by atomic mass is 10.1. The molecule has 1 heterocycles. The van der Waals surface area contributed by atoms with Gasteiger partial charge < -0.3 is 13.4 Å². The van der Waals surface area contributed by atoms with E-state index in [2.05, 4.69) is 4.98 Å². The van der Waals surface area contributed by atoms with Crippen LogP contribution >= 0.6 is 34.8 Å². The molecule has 0 spiro atoms. The van der Waals surface area contributed by atoms with Crippen molar-refractivity contribution in [1.82, 2.24) is 4.98 Å². The number of H-pyrrole nitrogens is 1. The molecule has 1 N–H and O–H groups in total. The number of aromatic nitrogens is 1. The Hall–Kier alpha value is -2.26. The van der Waals surface area contributed by atoms with Crippen LogP contribution in [0.2, 0.25) is 15.1 Å². The van der Waals surface area contributed by atoms with Gasteiger partial charge in [-0.2, -0.15) is 0 Å². The number of benzene rings is 2. The Morgan fingerprint density at radius 3 is 2.18 bits per heavy atom. The number of rotatable bonds is 5. The van der Waals surface area contributed by atoms with Crippen molar-refractivity contribution in [1.29, 1.82) is 0 Å². The zero-order valence-electron chi connectivity index (χ0n) is 14.0. The van der Waals surface area contributed by atoms with Gasteiger partial charge in [0, 0.05) is 5.02 Å². The maximum Gasteiger partial charge on any atom is 0.501 e. The standard InChI is InChI=1S/C17H10Cl3NO6S/c1-8(22)13-16(14-11(19)6-7-12(20)15(14)21-17(13)23)27-28(24,25)26-10-4-2-9(18)3-5-10/h2-7H,1H3,(H,21,23). The van der Waals surface area contributed by atoms with E-state index in [1.54, 1.807) is 0 Å². The van der Waals surface area contributed by atoms with Gasteiger partial charge in [0.2, 0.25) is 0 Å². The molecule has 1 aromatic heterocycles. The van der Waals surface area contributed by atoms with Gasteiger partial charge >= 0.3 is 10.4 Å². The molecule has 7 nitrogen and oxygen atoms in total. The lowest BCUT2D eigenvalue weighted by molar-refractivity contribution is 0.101. The van der Waals surface area contributed by atoms with Crippen molar-refractivity contribution in [3.63, 3.8) is 0 Å². The quantitative estimate of drug-likeness (QED) is 0.564. The largest absolute Gasteiger partial charge is 0.501 e. The molecule has 0 saturated heterocycles. The average Bonchev–Trinajstić information content (AvgIpc) is 2.59. The first-order chi connectivity index (χ1) is 13.1. The van der Waals surface area contributed by atoms with E-state index in [9.17, 15) is 18.0 Å². The van der Waals surface area contributed by atoms with E-state index in [1.165, 1.54) is 36.4 Å². The third kappa shape index (κ3) is 4.10. The first kappa shape index (κ1) is 20.5. The molecular formula is C17H10Cl3NO6S. The third-order valence-corrected chi connectivity index (χ3v) is 5.22. The van der Waals surface area contributed by atoms with E-state index in [-0.39, 0.29) is 26.7 Å². The molecule has 0 aliphatic carbocycles. The molecule has 3 rings (SSSR count).